The van der Waals surface area contributed by atoms with Gasteiger partial charge in [0.05, 0.1) is 18.2 Å². The van der Waals surface area contributed by atoms with Gasteiger partial charge in [0.25, 0.3) is 0 Å². The molecule has 1 aliphatic heterocycles. The molecule has 1 aliphatic carbocycles. The number of H-pyrrole nitrogens is 1. The van der Waals surface area contributed by atoms with Crippen LogP contribution in [0.1, 0.15) is 43.7 Å². The Bertz CT molecular complexity index is 636. The maximum atomic E-state index is 5.92. The maximum absolute atomic E-state index is 5.92. The van der Waals surface area contributed by atoms with Gasteiger partial charge < -0.3 is 20.8 Å². The van der Waals surface area contributed by atoms with E-state index < -0.39 is 0 Å². The van der Waals surface area contributed by atoms with Gasteiger partial charge in [0, 0.05) is 23.8 Å². The molecule has 6 nitrogen and oxygen atoms in total. The molecule has 2 aromatic rings. The van der Waals surface area contributed by atoms with Crippen molar-refractivity contribution in [2.24, 2.45) is 0 Å². The van der Waals surface area contributed by atoms with Crippen LogP contribution in [0.5, 0.6) is 0 Å². The van der Waals surface area contributed by atoms with Gasteiger partial charge in [0.2, 0.25) is 0 Å². The number of ether oxygens (including phenoxy) is 1. The van der Waals surface area contributed by atoms with Gasteiger partial charge in [-0.1, -0.05) is 0 Å². The second-order valence-electron chi connectivity index (χ2n) is 6.11. The lowest BCUT2D eigenvalue weighted by atomic mass is 9.96. The van der Waals surface area contributed by atoms with Crippen molar-refractivity contribution < 1.29 is 4.74 Å². The Morgan fingerprint density at radius 1 is 1.24 bits per heavy atom. The fourth-order valence-corrected chi connectivity index (χ4v) is 3.23. The van der Waals surface area contributed by atoms with Gasteiger partial charge in [-0.05, 0) is 32.1 Å². The average Bonchev–Trinajstić information content (AvgIpc) is 3.03. The number of rotatable bonds is 4. The Kier molecular flexibility index (Phi) is 3.27. The quantitative estimate of drug-likeness (QED) is 0.799. The zero-order valence-electron chi connectivity index (χ0n) is 12.0. The van der Waals surface area contributed by atoms with E-state index in [0.29, 0.717) is 24.0 Å². The Hall–Kier alpha value is -1.66. The van der Waals surface area contributed by atoms with Gasteiger partial charge in [0.15, 0.2) is 5.82 Å². The van der Waals surface area contributed by atoms with Crippen LogP contribution in [0.25, 0.3) is 11.0 Å². The predicted molar refractivity (Wildman–Crippen MR) is 80.8 cm³/mol. The smallest absolute Gasteiger partial charge is 0.151 e. The Balaban J connectivity index is 1.45. The van der Waals surface area contributed by atoms with Crippen molar-refractivity contribution >= 4 is 16.9 Å². The summed E-state index contributed by atoms with van der Waals surface area (Å²) in [5.74, 6) is 0.508. The number of nitrogens with zero attached hydrogens (tertiary/aromatic N) is 2. The highest BCUT2D eigenvalue weighted by molar-refractivity contribution is 5.87. The number of anilines is 1. The van der Waals surface area contributed by atoms with Crippen molar-refractivity contribution in [2.45, 2.75) is 50.3 Å². The number of fused-ring (bicyclic) bond motifs is 1. The van der Waals surface area contributed by atoms with E-state index in [-0.39, 0.29) is 0 Å². The molecule has 112 valence electrons. The summed E-state index contributed by atoms with van der Waals surface area (Å²) in [5.41, 5.74) is 8.83. The molecule has 4 rings (SSSR count). The number of aromatic nitrogens is 3. The van der Waals surface area contributed by atoms with Crippen LogP contribution >= 0.6 is 0 Å². The van der Waals surface area contributed by atoms with E-state index >= 15 is 0 Å². The largest absolute Gasteiger partial charge is 0.382 e. The minimum atomic E-state index is 0.322. The van der Waals surface area contributed by atoms with E-state index in [4.69, 9.17) is 10.5 Å². The molecule has 6 heteroatoms. The molecule has 0 radical (unpaired) electrons. The zero-order valence-corrected chi connectivity index (χ0v) is 12.0. The molecule has 0 bridgehead atoms. The molecule has 2 fully saturated rings. The second-order valence-corrected chi connectivity index (χ2v) is 6.11. The van der Waals surface area contributed by atoms with Gasteiger partial charge in [0.1, 0.15) is 11.8 Å². The SMILES string of the molecule is Nc1ncnc2c(C3CCC(COC4CCC4)N3)c[nH]c12. The zero-order chi connectivity index (χ0) is 14.2. The first-order valence-corrected chi connectivity index (χ1v) is 7.76. The molecule has 2 aromatic heterocycles. The first kappa shape index (κ1) is 13.0. The molecule has 2 unspecified atom stereocenters. The molecular weight excluding hydrogens is 266 g/mol. The van der Waals surface area contributed by atoms with Gasteiger partial charge in [-0.15, -0.1) is 0 Å². The Morgan fingerprint density at radius 3 is 2.95 bits per heavy atom. The third kappa shape index (κ3) is 2.38. The van der Waals surface area contributed by atoms with Gasteiger partial charge >= 0.3 is 0 Å². The van der Waals surface area contributed by atoms with Crippen LogP contribution in [-0.2, 0) is 4.74 Å². The summed E-state index contributed by atoms with van der Waals surface area (Å²) in [5, 5.41) is 3.66. The van der Waals surface area contributed by atoms with Gasteiger partial charge in [-0.3, -0.25) is 0 Å². The van der Waals surface area contributed by atoms with E-state index in [1.165, 1.54) is 31.2 Å². The third-order valence-corrected chi connectivity index (χ3v) is 4.72. The number of nitrogen functional groups attached to an aromatic ring is 1. The van der Waals surface area contributed by atoms with Crippen LogP contribution in [0.3, 0.4) is 0 Å². The van der Waals surface area contributed by atoms with Gasteiger partial charge in [-0.2, -0.15) is 0 Å². The summed E-state index contributed by atoms with van der Waals surface area (Å²) in [4.78, 5) is 11.6. The van der Waals surface area contributed by atoms with E-state index in [1.54, 1.807) is 0 Å². The standard InChI is InChI=1S/C15H21N5O/c16-15-14-13(18-8-19-15)11(6-17-14)12-5-4-9(20-12)7-21-10-2-1-3-10/h6,8-10,12,17,20H,1-5,7H2,(H2,16,18,19). The molecule has 1 saturated carbocycles. The van der Waals surface area contributed by atoms with E-state index in [0.717, 1.165) is 30.5 Å². The van der Waals surface area contributed by atoms with Crippen LogP contribution in [0, 0.1) is 0 Å². The highest BCUT2D eigenvalue weighted by atomic mass is 16.5. The van der Waals surface area contributed by atoms with Crippen LogP contribution in [-0.4, -0.2) is 33.7 Å². The summed E-state index contributed by atoms with van der Waals surface area (Å²) >= 11 is 0. The monoisotopic (exact) mass is 287 g/mol. The normalized spacial score (nSPS) is 26.3. The molecule has 4 N–H and O–H groups in total. The van der Waals surface area contributed by atoms with Crippen LogP contribution < -0.4 is 11.1 Å². The molecule has 1 saturated heterocycles. The van der Waals surface area contributed by atoms with Crippen LogP contribution in [0.15, 0.2) is 12.5 Å². The molecule has 21 heavy (non-hydrogen) atoms. The number of hydrogen-bond acceptors (Lipinski definition) is 5. The molecule has 2 atom stereocenters. The van der Waals surface area contributed by atoms with Crippen molar-refractivity contribution in [3.8, 4) is 0 Å². The van der Waals surface area contributed by atoms with Crippen LogP contribution in [0.4, 0.5) is 5.82 Å². The van der Waals surface area contributed by atoms with Crippen molar-refractivity contribution in [3.63, 3.8) is 0 Å². The lowest BCUT2D eigenvalue weighted by Crippen LogP contribution is -2.32. The van der Waals surface area contributed by atoms with Crippen LogP contribution in [0.2, 0.25) is 0 Å². The average molecular weight is 287 g/mol. The highest BCUT2D eigenvalue weighted by Crippen LogP contribution is 2.32. The molecule has 3 heterocycles. The summed E-state index contributed by atoms with van der Waals surface area (Å²) in [6.07, 6.45) is 10.1. The summed E-state index contributed by atoms with van der Waals surface area (Å²) in [7, 11) is 0. The summed E-state index contributed by atoms with van der Waals surface area (Å²) < 4.78 is 5.92. The fourth-order valence-electron chi connectivity index (χ4n) is 3.23. The maximum Gasteiger partial charge on any atom is 0.151 e. The molecule has 0 amide bonds. The predicted octanol–water partition coefficient (Wildman–Crippen LogP) is 1.90. The fraction of sp³-hybridized carbons (Fsp3) is 0.600. The minimum Gasteiger partial charge on any atom is -0.382 e. The topological polar surface area (TPSA) is 88.8 Å². The molecule has 0 spiro atoms. The van der Waals surface area contributed by atoms with Crippen molar-refractivity contribution in [3.05, 3.63) is 18.1 Å². The van der Waals surface area contributed by atoms with Crippen molar-refractivity contribution in [2.75, 3.05) is 12.3 Å². The summed E-state index contributed by atoms with van der Waals surface area (Å²) in [6, 6.07) is 0.766. The Labute approximate surface area is 123 Å². The molecular formula is C15H21N5O. The number of aromatic amines is 1. The van der Waals surface area contributed by atoms with E-state index in [1.807, 2.05) is 6.20 Å². The highest BCUT2D eigenvalue weighted by Gasteiger charge is 2.29. The molecule has 0 aromatic carbocycles. The number of nitrogens with one attached hydrogen (secondary N) is 2. The molecule has 2 aliphatic rings. The second kappa shape index (κ2) is 5.27. The van der Waals surface area contributed by atoms with Crippen molar-refractivity contribution in [1.29, 1.82) is 0 Å². The van der Waals surface area contributed by atoms with E-state index in [2.05, 4.69) is 20.3 Å². The lowest BCUT2D eigenvalue weighted by molar-refractivity contribution is -0.00675. The number of hydrogen-bond donors (Lipinski definition) is 3. The minimum absolute atomic E-state index is 0.322. The first-order valence-electron chi connectivity index (χ1n) is 7.76. The lowest BCUT2D eigenvalue weighted by Gasteiger charge is -2.27. The first-order chi connectivity index (χ1) is 10.3. The van der Waals surface area contributed by atoms with E-state index in [9.17, 15) is 0 Å². The summed E-state index contributed by atoms with van der Waals surface area (Å²) in [6.45, 7) is 0.820. The Morgan fingerprint density at radius 2 is 2.14 bits per heavy atom. The third-order valence-electron chi connectivity index (χ3n) is 4.72. The van der Waals surface area contributed by atoms with Gasteiger partial charge in [-0.25, -0.2) is 9.97 Å². The number of nitrogens with two attached hydrogens (primary N) is 1. The van der Waals surface area contributed by atoms with Crippen molar-refractivity contribution in [1.82, 2.24) is 20.3 Å².